The van der Waals surface area contributed by atoms with Gasteiger partial charge in [-0.3, -0.25) is 14.5 Å². The van der Waals surface area contributed by atoms with Crippen LogP contribution in [0, 0.1) is 13.8 Å². The van der Waals surface area contributed by atoms with Gasteiger partial charge in [-0.25, -0.2) is 4.98 Å². The van der Waals surface area contributed by atoms with E-state index in [0.29, 0.717) is 17.2 Å². The zero-order chi connectivity index (χ0) is 19.5. The van der Waals surface area contributed by atoms with Gasteiger partial charge in [0, 0.05) is 30.2 Å². The van der Waals surface area contributed by atoms with E-state index < -0.39 is 0 Å². The molecule has 28 heavy (non-hydrogen) atoms. The summed E-state index contributed by atoms with van der Waals surface area (Å²) in [6.45, 7) is 4.74. The number of hydrogen-bond acceptors (Lipinski definition) is 5. The molecule has 6 nitrogen and oxygen atoms in total. The van der Waals surface area contributed by atoms with Crippen molar-refractivity contribution in [3.05, 3.63) is 82.8 Å². The molecule has 4 rings (SSSR count). The molecule has 0 saturated heterocycles. The van der Waals surface area contributed by atoms with E-state index in [2.05, 4.69) is 46.4 Å². The van der Waals surface area contributed by atoms with Gasteiger partial charge in [0.05, 0.1) is 12.7 Å². The van der Waals surface area contributed by atoms with Crippen molar-refractivity contribution in [3.8, 4) is 10.6 Å². The minimum atomic E-state index is -0.206. The molecule has 140 valence electrons. The highest BCUT2D eigenvalue weighted by Crippen LogP contribution is 2.28. The smallest absolute Gasteiger partial charge is 0.268 e. The topological polar surface area (TPSA) is 72.7 Å². The maximum atomic E-state index is 12.6. The van der Waals surface area contributed by atoms with Gasteiger partial charge in [-0.2, -0.15) is 5.10 Å². The first kappa shape index (κ1) is 18.1. The Labute approximate surface area is 166 Å². The van der Waals surface area contributed by atoms with Gasteiger partial charge < -0.3 is 5.32 Å². The number of rotatable bonds is 5. The molecular weight excluding hydrogens is 370 g/mol. The summed E-state index contributed by atoms with van der Waals surface area (Å²) in [5.74, 6) is 0.309. The Hall–Kier alpha value is -3.32. The lowest BCUT2D eigenvalue weighted by Crippen LogP contribution is -2.11. The number of aromatic nitrogens is 4. The normalized spacial score (nSPS) is 10.8. The largest absolute Gasteiger partial charge is 0.304 e. The summed E-state index contributed by atoms with van der Waals surface area (Å²) < 4.78 is 1.78. The Morgan fingerprint density at radius 3 is 2.75 bits per heavy atom. The Bertz CT molecular complexity index is 1120. The van der Waals surface area contributed by atoms with Crippen LogP contribution in [0.4, 0.5) is 5.82 Å². The first-order chi connectivity index (χ1) is 13.6. The Morgan fingerprint density at radius 1 is 1.14 bits per heavy atom. The van der Waals surface area contributed by atoms with Gasteiger partial charge in [0.2, 0.25) is 0 Å². The van der Waals surface area contributed by atoms with E-state index in [-0.39, 0.29) is 5.91 Å². The fourth-order valence-corrected chi connectivity index (χ4v) is 3.83. The van der Waals surface area contributed by atoms with Crippen LogP contribution in [-0.4, -0.2) is 25.7 Å². The van der Waals surface area contributed by atoms with Gasteiger partial charge in [0.25, 0.3) is 5.91 Å². The number of aryl methyl sites for hydroxylation is 2. The minimum absolute atomic E-state index is 0.206. The number of benzene rings is 1. The Morgan fingerprint density at radius 2 is 1.96 bits per heavy atom. The summed E-state index contributed by atoms with van der Waals surface area (Å²) in [6.07, 6.45) is 6.95. The van der Waals surface area contributed by atoms with E-state index >= 15 is 0 Å². The lowest BCUT2D eigenvalue weighted by atomic mass is 10.1. The molecule has 0 unspecified atom stereocenters. The number of anilines is 1. The van der Waals surface area contributed by atoms with Crippen LogP contribution in [0.1, 0.15) is 26.4 Å². The number of amides is 1. The van der Waals surface area contributed by atoms with E-state index in [1.54, 1.807) is 29.3 Å². The predicted octanol–water partition coefficient (Wildman–Crippen LogP) is 4.32. The molecule has 4 aromatic rings. The molecule has 0 spiro atoms. The average Bonchev–Trinajstić information content (AvgIpc) is 3.32. The highest BCUT2D eigenvalue weighted by atomic mass is 32.1. The van der Waals surface area contributed by atoms with Crippen molar-refractivity contribution in [1.29, 1.82) is 0 Å². The summed E-state index contributed by atoms with van der Waals surface area (Å²) in [5.41, 5.74) is 4.50. The van der Waals surface area contributed by atoms with E-state index in [0.717, 1.165) is 21.7 Å². The van der Waals surface area contributed by atoms with Gasteiger partial charge in [0.1, 0.15) is 9.88 Å². The van der Waals surface area contributed by atoms with E-state index in [1.165, 1.54) is 16.9 Å². The molecule has 0 aliphatic heterocycles. The highest BCUT2D eigenvalue weighted by molar-refractivity contribution is 7.17. The zero-order valence-corrected chi connectivity index (χ0v) is 16.4. The quantitative estimate of drug-likeness (QED) is 0.552. The second-order valence-electron chi connectivity index (χ2n) is 6.56. The average molecular weight is 389 g/mol. The van der Waals surface area contributed by atoms with Crippen molar-refractivity contribution in [1.82, 2.24) is 19.7 Å². The number of nitrogens with zero attached hydrogens (tertiary/aromatic N) is 4. The molecule has 0 aliphatic rings. The van der Waals surface area contributed by atoms with Crippen LogP contribution in [0.3, 0.4) is 0 Å². The van der Waals surface area contributed by atoms with Gasteiger partial charge in [-0.1, -0.05) is 23.8 Å². The van der Waals surface area contributed by atoms with Crippen molar-refractivity contribution in [3.63, 3.8) is 0 Å². The SMILES string of the molecule is Cc1ccc(-c2ncc(C(=O)Nc3ccn(Cc4ccncc4)n3)s2)c(C)c1. The fourth-order valence-electron chi connectivity index (χ4n) is 2.93. The van der Waals surface area contributed by atoms with Crippen LogP contribution < -0.4 is 5.32 Å². The van der Waals surface area contributed by atoms with E-state index in [4.69, 9.17) is 0 Å². The van der Waals surface area contributed by atoms with Crippen molar-refractivity contribution in [2.24, 2.45) is 0 Å². The molecule has 0 aliphatic carbocycles. The third-order valence-corrected chi connectivity index (χ3v) is 5.35. The van der Waals surface area contributed by atoms with Crippen LogP contribution >= 0.6 is 11.3 Å². The van der Waals surface area contributed by atoms with Crippen molar-refractivity contribution >= 4 is 23.1 Å². The maximum Gasteiger partial charge on any atom is 0.268 e. The minimum Gasteiger partial charge on any atom is -0.304 e. The second kappa shape index (κ2) is 7.74. The molecule has 0 atom stereocenters. The molecule has 3 aromatic heterocycles. The zero-order valence-electron chi connectivity index (χ0n) is 15.6. The molecule has 0 radical (unpaired) electrons. The monoisotopic (exact) mass is 389 g/mol. The highest BCUT2D eigenvalue weighted by Gasteiger charge is 2.14. The van der Waals surface area contributed by atoms with Gasteiger partial charge in [0.15, 0.2) is 5.82 Å². The van der Waals surface area contributed by atoms with Gasteiger partial charge in [-0.15, -0.1) is 11.3 Å². The number of carbonyl (C=O) groups excluding carboxylic acids is 1. The van der Waals surface area contributed by atoms with Crippen molar-refractivity contribution in [2.75, 3.05) is 5.32 Å². The summed E-state index contributed by atoms with van der Waals surface area (Å²) >= 11 is 1.38. The number of hydrogen-bond donors (Lipinski definition) is 1. The van der Waals surface area contributed by atoms with Crippen LogP contribution in [0.2, 0.25) is 0 Å². The summed E-state index contributed by atoms with van der Waals surface area (Å²) in [4.78, 5) is 21.6. The summed E-state index contributed by atoms with van der Waals surface area (Å²) in [7, 11) is 0. The number of carbonyl (C=O) groups is 1. The molecule has 1 aromatic carbocycles. The van der Waals surface area contributed by atoms with Gasteiger partial charge in [-0.05, 0) is 37.1 Å². The molecule has 7 heteroatoms. The van der Waals surface area contributed by atoms with Crippen molar-refractivity contribution < 1.29 is 4.79 Å². The summed E-state index contributed by atoms with van der Waals surface area (Å²) in [6, 6.07) is 11.9. The lowest BCUT2D eigenvalue weighted by Gasteiger charge is -2.03. The number of thiazole rings is 1. The first-order valence-corrected chi connectivity index (χ1v) is 9.67. The third kappa shape index (κ3) is 3.99. The Kier molecular flexibility index (Phi) is 4.99. The summed E-state index contributed by atoms with van der Waals surface area (Å²) in [5, 5.41) is 8.09. The molecule has 0 saturated carbocycles. The molecule has 1 N–H and O–H groups in total. The maximum absolute atomic E-state index is 12.6. The molecular formula is C21H19N5OS. The van der Waals surface area contributed by atoms with E-state index in [1.807, 2.05) is 24.4 Å². The number of nitrogens with one attached hydrogen (secondary N) is 1. The third-order valence-electron chi connectivity index (χ3n) is 4.32. The Balaban J connectivity index is 1.45. The van der Waals surface area contributed by atoms with Crippen LogP contribution in [0.15, 0.2) is 61.2 Å². The van der Waals surface area contributed by atoms with Crippen LogP contribution in [0.5, 0.6) is 0 Å². The molecule has 3 heterocycles. The molecule has 0 fully saturated rings. The number of pyridine rings is 1. The van der Waals surface area contributed by atoms with Crippen LogP contribution in [0.25, 0.3) is 10.6 Å². The van der Waals surface area contributed by atoms with Gasteiger partial charge >= 0.3 is 0 Å². The second-order valence-corrected chi connectivity index (χ2v) is 7.59. The standard InChI is InChI=1S/C21H19N5OS/c1-14-3-4-17(15(2)11-14)21-23-12-18(28-21)20(27)24-19-7-10-26(25-19)13-16-5-8-22-9-6-16/h3-12H,13H2,1-2H3,(H,24,25,27). The van der Waals surface area contributed by atoms with E-state index in [9.17, 15) is 4.79 Å². The predicted molar refractivity (Wildman–Crippen MR) is 111 cm³/mol. The van der Waals surface area contributed by atoms with Crippen molar-refractivity contribution in [2.45, 2.75) is 20.4 Å². The van der Waals surface area contributed by atoms with Crippen LogP contribution in [-0.2, 0) is 6.54 Å². The first-order valence-electron chi connectivity index (χ1n) is 8.85. The molecule has 1 amide bonds. The fraction of sp³-hybridized carbons (Fsp3) is 0.143. The molecule has 0 bridgehead atoms. The lowest BCUT2D eigenvalue weighted by molar-refractivity contribution is 0.103.